The lowest BCUT2D eigenvalue weighted by molar-refractivity contribution is 0.0729. The van der Waals surface area contributed by atoms with Crippen molar-refractivity contribution in [3.63, 3.8) is 0 Å². The Morgan fingerprint density at radius 1 is 0.574 bits per heavy atom. The zero-order valence-corrected chi connectivity index (χ0v) is 41.4. The topological polar surface area (TPSA) is 279 Å². The number of thioether (sulfide) groups is 2. The first-order valence-corrected chi connectivity index (χ1v) is 28.2. The third-order valence-corrected chi connectivity index (χ3v) is 18.2. The lowest BCUT2D eigenvalue weighted by atomic mass is 10.1. The average Bonchev–Trinajstić information content (AvgIpc) is 3.31. The number of sulfonamides is 2. The van der Waals surface area contributed by atoms with Gasteiger partial charge in [-0.25, -0.2) is 16.8 Å². The minimum Gasteiger partial charge on any atom is -0.384 e. The summed E-state index contributed by atoms with van der Waals surface area (Å²) >= 11 is 2.45. The van der Waals surface area contributed by atoms with Crippen molar-refractivity contribution in [2.75, 3.05) is 102 Å². The molecule has 0 saturated carbocycles. The van der Waals surface area contributed by atoms with Gasteiger partial charge < -0.3 is 29.6 Å². The Kier molecular flexibility index (Phi) is 18.0. The molecule has 2 amide bonds. The summed E-state index contributed by atoms with van der Waals surface area (Å²) in [5, 5.41) is 5.04. The number of ether oxygens (including phenoxy) is 4. The van der Waals surface area contributed by atoms with Crippen LogP contribution in [0, 0.1) is 0 Å². The Hall–Kier alpha value is -4.26. The summed E-state index contributed by atoms with van der Waals surface area (Å²) in [5.41, 5.74) is -0.719. The molecule has 68 heavy (non-hydrogen) atoms. The number of rotatable bonds is 20. The number of hydrogen-bond donors (Lipinski definition) is 4. The zero-order chi connectivity index (χ0) is 49.3. The highest BCUT2D eigenvalue weighted by atomic mass is 32.2. The molecular weight excluding hydrogens is 1010 g/mol. The minimum atomic E-state index is -5.01. The first-order valence-electron chi connectivity index (χ1n) is 20.5. The fourth-order valence-electron chi connectivity index (χ4n) is 6.79. The van der Waals surface area contributed by atoms with E-state index in [0.717, 1.165) is 24.3 Å². The lowest BCUT2D eigenvalue weighted by Gasteiger charge is -2.27. The molecule has 4 aromatic carbocycles. The van der Waals surface area contributed by atoms with Crippen molar-refractivity contribution in [3.05, 3.63) is 95.1 Å². The van der Waals surface area contributed by atoms with Gasteiger partial charge in [0.25, 0.3) is 32.1 Å². The van der Waals surface area contributed by atoms with Crippen molar-refractivity contribution < 1.29 is 71.3 Å². The number of benzene rings is 4. The maximum atomic E-state index is 13.7. The highest BCUT2D eigenvalue weighted by Gasteiger charge is 2.32. The fourth-order valence-corrected chi connectivity index (χ4v) is 13.9. The highest BCUT2D eigenvalue weighted by molar-refractivity contribution is 8.00. The molecule has 6 rings (SSSR count). The van der Waals surface area contributed by atoms with Gasteiger partial charge in [0.05, 0.1) is 49.4 Å². The molecule has 2 fully saturated rings. The Balaban J connectivity index is 1.24. The van der Waals surface area contributed by atoms with Gasteiger partial charge in [-0.15, -0.1) is 23.5 Å². The highest BCUT2D eigenvalue weighted by Crippen LogP contribution is 2.33. The van der Waals surface area contributed by atoms with Crippen molar-refractivity contribution in [2.45, 2.75) is 29.4 Å². The molecule has 368 valence electrons. The molecule has 0 aromatic heterocycles. The average molecular weight is 1060 g/mol. The van der Waals surface area contributed by atoms with Crippen LogP contribution in [0.1, 0.15) is 31.8 Å². The fraction of sp³-hybridized carbons (Fsp3) is 0.333. The van der Waals surface area contributed by atoms with Crippen LogP contribution in [0.25, 0.3) is 12.2 Å². The smallest absolute Gasteiger partial charge is 0.295 e. The van der Waals surface area contributed by atoms with Gasteiger partial charge in [-0.1, -0.05) is 24.3 Å². The van der Waals surface area contributed by atoms with Gasteiger partial charge in [-0.3, -0.25) is 18.7 Å². The summed E-state index contributed by atoms with van der Waals surface area (Å²) in [4.78, 5) is 26.2. The Morgan fingerprint density at radius 3 is 1.28 bits per heavy atom. The largest absolute Gasteiger partial charge is 0.384 e. The number of methoxy groups -OCH3 is 2. The van der Waals surface area contributed by atoms with Gasteiger partial charge in [0.1, 0.15) is 9.79 Å². The number of nitrogens with one attached hydrogen (secondary N) is 2. The Labute approximate surface area is 403 Å². The normalized spacial score (nSPS) is 15.6. The third-order valence-electron chi connectivity index (χ3n) is 10.2. The van der Waals surface area contributed by atoms with E-state index < -0.39 is 61.9 Å². The predicted molar refractivity (Wildman–Crippen MR) is 255 cm³/mol. The van der Waals surface area contributed by atoms with Crippen molar-refractivity contribution >= 4 is 99.1 Å². The predicted octanol–water partition coefficient (Wildman–Crippen LogP) is 4.37. The van der Waals surface area contributed by atoms with Crippen LogP contribution in [0.4, 0.5) is 11.4 Å². The number of carbonyl (C=O) groups excluding carboxylic acids is 2. The molecule has 0 radical (unpaired) electrons. The first kappa shape index (κ1) is 53.1. The van der Waals surface area contributed by atoms with Crippen LogP contribution < -0.4 is 10.6 Å². The van der Waals surface area contributed by atoms with Gasteiger partial charge >= 0.3 is 0 Å². The van der Waals surface area contributed by atoms with E-state index in [2.05, 4.69) is 10.6 Å². The second kappa shape index (κ2) is 23.1. The van der Waals surface area contributed by atoms with E-state index in [1.54, 1.807) is 0 Å². The van der Waals surface area contributed by atoms with Crippen LogP contribution in [0.5, 0.6) is 0 Å². The summed E-state index contributed by atoms with van der Waals surface area (Å²) < 4.78 is 149. The van der Waals surface area contributed by atoms with Crippen LogP contribution in [-0.4, -0.2) is 155 Å². The molecule has 0 atom stereocenters. The van der Waals surface area contributed by atoms with E-state index in [0.29, 0.717) is 34.5 Å². The first-order chi connectivity index (χ1) is 32.2. The van der Waals surface area contributed by atoms with Crippen LogP contribution in [0.3, 0.4) is 0 Å². The van der Waals surface area contributed by atoms with Crippen molar-refractivity contribution in [1.82, 2.24) is 8.61 Å². The van der Waals surface area contributed by atoms with E-state index in [-0.39, 0.29) is 96.0 Å². The maximum absolute atomic E-state index is 13.7. The van der Waals surface area contributed by atoms with Gasteiger partial charge in [-0.05, 0) is 71.8 Å². The molecule has 2 aliphatic rings. The lowest BCUT2D eigenvalue weighted by Crippen LogP contribution is -2.40. The number of nitrogens with zero attached hydrogens (tertiary/aromatic N) is 2. The van der Waals surface area contributed by atoms with Gasteiger partial charge in [-0.2, -0.15) is 25.4 Å². The van der Waals surface area contributed by atoms with Crippen LogP contribution in [-0.2, 0) is 59.2 Å². The molecule has 2 heterocycles. The standard InChI is InChI=1S/C42H48N4O16S6/c1-59-21-23-63-35-11-7-31(25-39(35)65(49,50)45-13-17-61-18-14-45)41(47)43-33-9-5-29(37(27-33)67(53,54)55)3-4-30-6-10-34(28-38(30)68(56,57)58)44-42(48)32-8-12-36(64-24-22-60-2)40(26-32)66(51,52)46-15-19-62-20-16-46/h3-12,25-28H,13-24H2,1-2H3,(H,43,47)(H,44,48)(H,53,54,55)(H,56,57,58)/b4-3+. The van der Waals surface area contributed by atoms with E-state index in [9.17, 15) is 52.4 Å². The second-order valence-electron chi connectivity index (χ2n) is 14.7. The molecule has 0 bridgehead atoms. The summed E-state index contributed by atoms with van der Waals surface area (Å²) in [6.45, 7) is 1.91. The molecule has 20 nitrogen and oxygen atoms in total. The Morgan fingerprint density at radius 2 is 0.941 bits per heavy atom. The van der Waals surface area contributed by atoms with Crippen LogP contribution in [0.15, 0.2) is 102 Å². The van der Waals surface area contributed by atoms with Gasteiger partial charge in [0.2, 0.25) is 20.0 Å². The van der Waals surface area contributed by atoms with Crippen molar-refractivity contribution in [3.8, 4) is 0 Å². The van der Waals surface area contributed by atoms with Crippen molar-refractivity contribution in [1.29, 1.82) is 0 Å². The molecule has 2 saturated heterocycles. The Bertz CT molecular complexity index is 2790. The van der Waals surface area contributed by atoms with E-state index in [4.69, 9.17) is 18.9 Å². The van der Waals surface area contributed by atoms with E-state index in [1.807, 2.05) is 0 Å². The summed E-state index contributed by atoms with van der Waals surface area (Å²) in [5.74, 6) is -0.765. The van der Waals surface area contributed by atoms with Crippen molar-refractivity contribution in [2.24, 2.45) is 0 Å². The monoisotopic (exact) mass is 1060 g/mol. The molecule has 4 aromatic rings. The summed E-state index contributed by atoms with van der Waals surface area (Å²) in [7, 11) is -15.1. The van der Waals surface area contributed by atoms with Gasteiger partial charge in [0.15, 0.2) is 0 Å². The zero-order valence-electron chi connectivity index (χ0n) is 36.5. The molecule has 2 aliphatic heterocycles. The van der Waals surface area contributed by atoms with Crippen LogP contribution >= 0.6 is 23.5 Å². The second-order valence-corrected chi connectivity index (χ2v) is 23.6. The number of morpholine rings is 2. The maximum Gasteiger partial charge on any atom is 0.295 e. The molecule has 0 aliphatic carbocycles. The molecular formula is C42H48N4O16S6. The van der Waals surface area contributed by atoms with E-state index >= 15 is 0 Å². The molecule has 0 spiro atoms. The third kappa shape index (κ3) is 13.3. The number of hydrogen-bond acceptors (Lipinski definition) is 16. The number of amides is 2. The number of anilines is 2. The SMILES string of the molecule is COCCSc1ccc(C(=O)Nc2ccc(/C=C/c3ccc(NC(=O)c4ccc(SCCOC)c(S(=O)(=O)N5CCOCC5)c4)cc3S(=O)(=O)O)c(S(=O)(=O)O)c2)cc1S(=O)(=O)N1CCOCC1. The molecule has 26 heteroatoms. The minimum absolute atomic E-state index is 0.0742. The van der Waals surface area contributed by atoms with E-state index in [1.165, 1.54) is 107 Å². The van der Waals surface area contributed by atoms with Crippen LogP contribution in [0.2, 0.25) is 0 Å². The summed E-state index contributed by atoms with van der Waals surface area (Å²) in [6, 6.07) is 15.1. The molecule has 4 N–H and O–H groups in total. The van der Waals surface area contributed by atoms with Gasteiger partial charge in [0, 0.05) is 84.2 Å². The number of carbonyl (C=O) groups is 2. The summed E-state index contributed by atoms with van der Waals surface area (Å²) in [6.07, 6.45) is 2.25. The molecule has 0 unspecified atom stereocenters. The quantitative estimate of drug-likeness (QED) is 0.0414.